The molecule has 2 aromatic carbocycles. The van der Waals surface area contributed by atoms with Gasteiger partial charge in [0.15, 0.2) is 5.43 Å². The third-order valence-corrected chi connectivity index (χ3v) is 5.41. The smallest absolute Gasteiger partial charge is 0.290 e. The van der Waals surface area contributed by atoms with Gasteiger partial charge in [-0.15, -0.1) is 0 Å². The number of carbonyl (C=O) groups is 1. The van der Waals surface area contributed by atoms with Gasteiger partial charge in [-0.05, 0) is 63.1 Å². The summed E-state index contributed by atoms with van der Waals surface area (Å²) in [7, 11) is 0. The van der Waals surface area contributed by atoms with E-state index in [0.717, 1.165) is 11.6 Å². The molecule has 4 rings (SSSR count). The molecule has 0 spiro atoms. The van der Waals surface area contributed by atoms with Crippen molar-refractivity contribution in [3.63, 3.8) is 0 Å². The van der Waals surface area contributed by atoms with Crippen LogP contribution < -0.4 is 10.2 Å². The lowest BCUT2D eigenvalue weighted by Crippen LogP contribution is -2.31. The van der Waals surface area contributed by atoms with E-state index in [2.05, 4.69) is 0 Å². The Kier molecular flexibility index (Phi) is 6.28. The summed E-state index contributed by atoms with van der Waals surface area (Å²) in [6.45, 7) is 7.14. The van der Waals surface area contributed by atoms with Gasteiger partial charge in [0.1, 0.15) is 17.1 Å². The van der Waals surface area contributed by atoms with Gasteiger partial charge in [0.05, 0.1) is 29.7 Å². The first kappa shape index (κ1) is 22.0. The van der Waals surface area contributed by atoms with Gasteiger partial charge in [0.2, 0.25) is 5.76 Å². The lowest BCUT2D eigenvalue weighted by Gasteiger charge is -2.25. The fraction of sp³-hybridized carbons (Fsp3) is 0.360. The highest BCUT2D eigenvalue weighted by Crippen LogP contribution is 2.39. The molecule has 2 heterocycles. The van der Waals surface area contributed by atoms with Crippen LogP contribution in [-0.2, 0) is 4.74 Å². The molecule has 1 amide bonds. The van der Waals surface area contributed by atoms with Crippen LogP contribution in [0.4, 0.5) is 4.39 Å². The van der Waals surface area contributed by atoms with Crippen LogP contribution in [0.2, 0.25) is 0 Å². The average molecular weight is 439 g/mol. The number of carbonyl (C=O) groups excluding carboxylic acids is 1. The molecular formula is C25H26FNO5. The lowest BCUT2D eigenvalue weighted by atomic mass is 9.98. The van der Waals surface area contributed by atoms with Gasteiger partial charge in [-0.3, -0.25) is 9.59 Å². The van der Waals surface area contributed by atoms with Crippen molar-refractivity contribution < 1.29 is 23.1 Å². The van der Waals surface area contributed by atoms with E-state index >= 15 is 0 Å². The fourth-order valence-corrected chi connectivity index (χ4v) is 4.06. The zero-order valence-electron chi connectivity index (χ0n) is 18.4. The van der Waals surface area contributed by atoms with Gasteiger partial charge >= 0.3 is 0 Å². The Bertz CT molecular complexity index is 1200. The Morgan fingerprint density at radius 2 is 1.97 bits per heavy atom. The lowest BCUT2D eigenvalue weighted by molar-refractivity contribution is 0.0593. The number of nitrogens with zero attached hydrogens (tertiary/aromatic N) is 1. The molecule has 1 aliphatic heterocycles. The number of hydrogen-bond donors (Lipinski definition) is 0. The Labute approximate surface area is 185 Å². The zero-order chi connectivity index (χ0) is 22.8. The van der Waals surface area contributed by atoms with E-state index in [-0.39, 0.29) is 34.3 Å². The van der Waals surface area contributed by atoms with Crippen LogP contribution in [0, 0.1) is 5.82 Å². The van der Waals surface area contributed by atoms with Crippen molar-refractivity contribution in [2.24, 2.45) is 0 Å². The number of fused-ring (bicyclic) bond motifs is 2. The predicted octanol–water partition coefficient (Wildman–Crippen LogP) is 4.69. The van der Waals surface area contributed by atoms with E-state index in [1.807, 2.05) is 45.0 Å². The molecule has 0 radical (unpaired) electrons. The minimum absolute atomic E-state index is 0.00528. The summed E-state index contributed by atoms with van der Waals surface area (Å²) in [6.07, 6.45) is 0.686. The number of halogens is 1. The van der Waals surface area contributed by atoms with Crippen LogP contribution in [0.3, 0.4) is 0 Å². The summed E-state index contributed by atoms with van der Waals surface area (Å²) in [6, 6.07) is 10.4. The molecule has 7 heteroatoms. The molecule has 0 fully saturated rings. The van der Waals surface area contributed by atoms with Crippen molar-refractivity contribution in [2.75, 3.05) is 19.8 Å². The Hall–Kier alpha value is -3.19. The van der Waals surface area contributed by atoms with Crippen LogP contribution in [-0.4, -0.2) is 36.7 Å². The highest BCUT2D eigenvalue weighted by atomic mass is 19.1. The summed E-state index contributed by atoms with van der Waals surface area (Å²) < 4.78 is 30.9. The molecule has 0 aliphatic carbocycles. The summed E-state index contributed by atoms with van der Waals surface area (Å²) in [5.41, 5.74) is 0.750. The minimum atomic E-state index is -0.652. The van der Waals surface area contributed by atoms with Crippen LogP contribution in [0.1, 0.15) is 54.9 Å². The monoisotopic (exact) mass is 439 g/mol. The quantitative estimate of drug-likeness (QED) is 0.476. The second kappa shape index (κ2) is 9.12. The Morgan fingerprint density at radius 3 is 2.72 bits per heavy atom. The van der Waals surface area contributed by atoms with Crippen LogP contribution >= 0.6 is 0 Å². The third-order valence-electron chi connectivity index (χ3n) is 5.41. The third kappa shape index (κ3) is 4.12. The fourth-order valence-electron chi connectivity index (χ4n) is 4.06. The van der Waals surface area contributed by atoms with Crippen LogP contribution in [0.15, 0.2) is 51.7 Å². The van der Waals surface area contributed by atoms with E-state index in [1.54, 1.807) is 4.90 Å². The van der Waals surface area contributed by atoms with Crippen molar-refractivity contribution in [2.45, 2.75) is 39.3 Å². The molecule has 0 saturated carbocycles. The maximum Gasteiger partial charge on any atom is 0.290 e. The van der Waals surface area contributed by atoms with E-state index < -0.39 is 17.3 Å². The highest BCUT2D eigenvalue weighted by Gasteiger charge is 2.42. The zero-order valence-corrected chi connectivity index (χ0v) is 18.4. The molecule has 1 aromatic heterocycles. The number of hydrogen-bond acceptors (Lipinski definition) is 5. The molecule has 32 heavy (non-hydrogen) atoms. The normalized spacial score (nSPS) is 15.6. The number of ether oxygens (including phenoxy) is 2. The van der Waals surface area contributed by atoms with Gasteiger partial charge in [-0.1, -0.05) is 12.1 Å². The first-order valence-corrected chi connectivity index (χ1v) is 10.8. The minimum Gasteiger partial charge on any atom is -0.494 e. The van der Waals surface area contributed by atoms with Gasteiger partial charge in [0, 0.05) is 13.2 Å². The van der Waals surface area contributed by atoms with E-state index in [0.29, 0.717) is 31.9 Å². The first-order chi connectivity index (χ1) is 15.4. The predicted molar refractivity (Wildman–Crippen MR) is 119 cm³/mol. The van der Waals surface area contributed by atoms with Gasteiger partial charge in [0.25, 0.3) is 5.91 Å². The Balaban J connectivity index is 1.82. The number of amides is 1. The summed E-state index contributed by atoms with van der Waals surface area (Å²) in [4.78, 5) is 28.4. The largest absolute Gasteiger partial charge is 0.494 e. The maximum absolute atomic E-state index is 13.9. The van der Waals surface area contributed by atoms with Gasteiger partial charge < -0.3 is 18.8 Å². The molecule has 1 aliphatic rings. The van der Waals surface area contributed by atoms with Crippen molar-refractivity contribution in [3.05, 3.63) is 75.4 Å². The van der Waals surface area contributed by atoms with E-state index in [1.165, 1.54) is 12.1 Å². The highest BCUT2D eigenvalue weighted by molar-refractivity contribution is 5.99. The SMILES string of the molecule is CCOc1cccc(C2c3c(oc4ccc(F)cc4c3=O)C(=O)N2CCCOC(C)C)c1. The van der Waals surface area contributed by atoms with Crippen molar-refractivity contribution in [3.8, 4) is 5.75 Å². The summed E-state index contributed by atoms with van der Waals surface area (Å²) in [5, 5.41) is 0.118. The summed E-state index contributed by atoms with van der Waals surface area (Å²) in [5.74, 6) is -0.248. The van der Waals surface area contributed by atoms with Gasteiger partial charge in [-0.25, -0.2) is 4.39 Å². The molecule has 3 aromatic rings. The molecule has 168 valence electrons. The van der Waals surface area contributed by atoms with Crippen LogP contribution in [0.5, 0.6) is 5.75 Å². The van der Waals surface area contributed by atoms with Crippen molar-refractivity contribution in [1.29, 1.82) is 0 Å². The maximum atomic E-state index is 13.9. The molecule has 0 saturated heterocycles. The molecule has 1 unspecified atom stereocenters. The molecular weight excluding hydrogens is 413 g/mol. The van der Waals surface area contributed by atoms with Crippen LogP contribution in [0.25, 0.3) is 11.0 Å². The molecule has 0 bridgehead atoms. The van der Waals surface area contributed by atoms with Gasteiger partial charge in [-0.2, -0.15) is 0 Å². The topological polar surface area (TPSA) is 69.0 Å². The van der Waals surface area contributed by atoms with Crippen molar-refractivity contribution >= 4 is 16.9 Å². The summed E-state index contributed by atoms with van der Waals surface area (Å²) >= 11 is 0. The number of benzene rings is 2. The molecule has 6 nitrogen and oxygen atoms in total. The second-order valence-corrected chi connectivity index (χ2v) is 7.99. The molecule has 1 atom stereocenters. The standard InChI is InChI=1S/C25H26FNO5/c1-4-30-18-8-5-7-16(13-18)22-21-23(28)19-14-17(26)9-10-20(19)32-24(21)25(29)27(22)11-6-12-31-15(2)3/h5,7-10,13-15,22H,4,6,11-12H2,1-3H3. The average Bonchev–Trinajstić information content (AvgIpc) is 3.04. The van der Waals surface area contributed by atoms with E-state index in [9.17, 15) is 14.0 Å². The Morgan fingerprint density at radius 1 is 1.16 bits per heavy atom. The second-order valence-electron chi connectivity index (χ2n) is 7.99. The van der Waals surface area contributed by atoms with E-state index in [4.69, 9.17) is 13.9 Å². The van der Waals surface area contributed by atoms with Crippen molar-refractivity contribution in [1.82, 2.24) is 4.90 Å². The molecule has 0 N–H and O–H groups in total. The number of rotatable bonds is 8. The first-order valence-electron chi connectivity index (χ1n) is 10.8.